The van der Waals surface area contributed by atoms with E-state index in [0.29, 0.717) is 0 Å². The van der Waals surface area contributed by atoms with E-state index in [9.17, 15) is 24.1 Å². The number of carbonyl (C=O) groups is 2. The van der Waals surface area contributed by atoms with Crippen molar-refractivity contribution < 1.29 is 23.6 Å². The van der Waals surface area contributed by atoms with Crippen LogP contribution in [0.4, 0.5) is 15.8 Å². The molecule has 1 atom stereocenters. The fourth-order valence-electron chi connectivity index (χ4n) is 1.86. The molecule has 0 aliphatic heterocycles. The van der Waals surface area contributed by atoms with Gasteiger partial charge < -0.3 is 10.1 Å². The first kappa shape index (κ1) is 18.3. The minimum atomic E-state index is -1.24. The lowest BCUT2D eigenvalue weighted by Gasteiger charge is -2.14. The van der Waals surface area contributed by atoms with Gasteiger partial charge in [-0.25, -0.2) is 9.18 Å². The number of esters is 1. The van der Waals surface area contributed by atoms with Crippen LogP contribution in [0.25, 0.3) is 0 Å². The van der Waals surface area contributed by atoms with Crippen molar-refractivity contribution in [1.29, 1.82) is 0 Å². The molecule has 2 rings (SSSR count). The van der Waals surface area contributed by atoms with Crippen molar-refractivity contribution in [3.8, 4) is 0 Å². The smallest absolute Gasteiger partial charge is 0.340 e. The summed E-state index contributed by atoms with van der Waals surface area (Å²) in [5, 5.41) is 12.8. The number of nitro benzene ring substituents is 1. The summed E-state index contributed by atoms with van der Waals surface area (Å²) in [5.74, 6) is -2.31. The van der Waals surface area contributed by atoms with Crippen LogP contribution >= 0.6 is 11.6 Å². The van der Waals surface area contributed by atoms with E-state index in [0.717, 1.165) is 18.2 Å². The fourth-order valence-corrected chi connectivity index (χ4v) is 2.11. The molecule has 25 heavy (non-hydrogen) atoms. The zero-order valence-electron chi connectivity index (χ0n) is 12.9. The standard InChI is InChI=1S/C16H12ClFN2O5/c1-9(15(21)19-14-5-3-2-4-13(14)18)25-16(22)11-7-6-10(20(23)24)8-12(11)17/h2-9H,1H3,(H,19,21)/t9-/m1/s1. The van der Waals surface area contributed by atoms with E-state index < -0.39 is 28.7 Å². The van der Waals surface area contributed by atoms with Crippen molar-refractivity contribution in [3.05, 3.63) is 69.0 Å². The molecule has 0 saturated carbocycles. The van der Waals surface area contributed by atoms with Crippen molar-refractivity contribution in [2.45, 2.75) is 13.0 Å². The highest BCUT2D eigenvalue weighted by Gasteiger charge is 2.22. The van der Waals surface area contributed by atoms with Crippen molar-refractivity contribution in [3.63, 3.8) is 0 Å². The predicted molar refractivity (Wildman–Crippen MR) is 88.0 cm³/mol. The highest BCUT2D eigenvalue weighted by molar-refractivity contribution is 6.33. The lowest BCUT2D eigenvalue weighted by atomic mass is 10.2. The Hall–Kier alpha value is -3.00. The number of nitrogens with one attached hydrogen (secondary N) is 1. The molecule has 2 aromatic rings. The third-order valence-corrected chi connectivity index (χ3v) is 3.48. The quantitative estimate of drug-likeness (QED) is 0.495. The van der Waals surface area contributed by atoms with Gasteiger partial charge in [0.1, 0.15) is 5.82 Å². The Balaban J connectivity index is 2.06. The number of nitrogens with zero attached hydrogens (tertiary/aromatic N) is 1. The normalized spacial score (nSPS) is 11.5. The molecule has 0 aliphatic rings. The summed E-state index contributed by atoms with van der Waals surface area (Å²) in [6.45, 7) is 1.30. The van der Waals surface area contributed by atoms with Crippen molar-refractivity contribution >= 4 is 34.9 Å². The molecular weight excluding hydrogens is 355 g/mol. The Morgan fingerprint density at radius 3 is 2.56 bits per heavy atom. The SMILES string of the molecule is C[C@@H](OC(=O)c1ccc([N+](=O)[O-])cc1Cl)C(=O)Nc1ccccc1F. The molecule has 0 aliphatic carbocycles. The topological polar surface area (TPSA) is 98.5 Å². The van der Waals surface area contributed by atoms with Crippen LogP contribution in [0.1, 0.15) is 17.3 Å². The molecule has 1 amide bonds. The maximum atomic E-state index is 13.5. The van der Waals surface area contributed by atoms with Crippen LogP contribution in [-0.2, 0) is 9.53 Å². The second-order valence-electron chi connectivity index (χ2n) is 4.94. The van der Waals surface area contributed by atoms with Crippen LogP contribution < -0.4 is 5.32 Å². The summed E-state index contributed by atoms with van der Waals surface area (Å²) >= 11 is 5.83. The molecule has 0 unspecified atom stereocenters. The highest BCUT2D eigenvalue weighted by Crippen LogP contribution is 2.23. The van der Waals surface area contributed by atoms with Crippen molar-refractivity contribution in [2.75, 3.05) is 5.32 Å². The first-order valence-electron chi connectivity index (χ1n) is 7.00. The number of nitro groups is 1. The molecule has 9 heteroatoms. The van der Waals surface area contributed by atoms with E-state index >= 15 is 0 Å². The summed E-state index contributed by atoms with van der Waals surface area (Å²) in [4.78, 5) is 34.0. The Morgan fingerprint density at radius 2 is 1.96 bits per heavy atom. The number of carbonyl (C=O) groups excluding carboxylic acids is 2. The van der Waals surface area contributed by atoms with Gasteiger partial charge in [0.25, 0.3) is 11.6 Å². The molecule has 0 aromatic heterocycles. The van der Waals surface area contributed by atoms with Crippen LogP contribution in [0.5, 0.6) is 0 Å². The molecule has 130 valence electrons. The Kier molecular flexibility index (Phi) is 5.66. The molecular formula is C16H12ClFN2O5. The molecule has 2 aromatic carbocycles. The van der Waals surface area contributed by atoms with Gasteiger partial charge in [0.05, 0.1) is 21.2 Å². The van der Waals surface area contributed by atoms with E-state index in [-0.39, 0.29) is 22.0 Å². The summed E-state index contributed by atoms with van der Waals surface area (Å²) in [5.41, 5.74) is -0.464. The second-order valence-corrected chi connectivity index (χ2v) is 5.35. The minimum Gasteiger partial charge on any atom is -0.449 e. The largest absolute Gasteiger partial charge is 0.449 e. The van der Waals surface area contributed by atoms with Gasteiger partial charge in [-0.2, -0.15) is 0 Å². The first-order valence-corrected chi connectivity index (χ1v) is 7.37. The van der Waals surface area contributed by atoms with Gasteiger partial charge >= 0.3 is 5.97 Å². The van der Waals surface area contributed by atoms with Crippen molar-refractivity contribution in [2.24, 2.45) is 0 Å². The van der Waals surface area contributed by atoms with Gasteiger partial charge in [-0.3, -0.25) is 14.9 Å². The summed E-state index contributed by atoms with van der Waals surface area (Å²) in [6.07, 6.45) is -1.24. The van der Waals surface area contributed by atoms with E-state index in [1.54, 1.807) is 0 Å². The Bertz CT molecular complexity index is 843. The predicted octanol–water partition coefficient (Wildman–Crippen LogP) is 3.57. The number of hydrogen-bond acceptors (Lipinski definition) is 5. The van der Waals surface area contributed by atoms with E-state index in [2.05, 4.69) is 5.32 Å². The molecule has 7 nitrogen and oxygen atoms in total. The van der Waals surface area contributed by atoms with Crippen LogP contribution in [0, 0.1) is 15.9 Å². The number of para-hydroxylation sites is 1. The van der Waals surface area contributed by atoms with Crippen LogP contribution in [0.15, 0.2) is 42.5 Å². The maximum absolute atomic E-state index is 13.5. The number of non-ortho nitro benzene ring substituents is 1. The average Bonchev–Trinajstić information content (AvgIpc) is 2.56. The minimum absolute atomic E-state index is 0.0521. The van der Waals surface area contributed by atoms with Crippen molar-refractivity contribution in [1.82, 2.24) is 0 Å². The number of halogens is 2. The van der Waals surface area contributed by atoms with Crippen LogP contribution in [0.3, 0.4) is 0 Å². The second kappa shape index (κ2) is 7.71. The van der Waals surface area contributed by atoms with E-state index in [1.165, 1.54) is 31.2 Å². The van der Waals surface area contributed by atoms with E-state index in [4.69, 9.17) is 16.3 Å². The number of hydrogen-bond donors (Lipinski definition) is 1. The maximum Gasteiger partial charge on any atom is 0.340 e. The molecule has 0 spiro atoms. The third kappa shape index (κ3) is 4.51. The number of rotatable bonds is 5. The van der Waals surface area contributed by atoms with Gasteiger partial charge in [-0.15, -0.1) is 0 Å². The molecule has 0 bridgehead atoms. The molecule has 0 radical (unpaired) electrons. The zero-order chi connectivity index (χ0) is 18.6. The number of amides is 1. The summed E-state index contributed by atoms with van der Waals surface area (Å²) in [7, 11) is 0. The van der Waals surface area contributed by atoms with Crippen LogP contribution in [-0.4, -0.2) is 22.9 Å². The van der Waals surface area contributed by atoms with Gasteiger partial charge in [0.2, 0.25) is 0 Å². The van der Waals surface area contributed by atoms with E-state index in [1.807, 2.05) is 0 Å². The van der Waals surface area contributed by atoms with Gasteiger partial charge in [0, 0.05) is 12.1 Å². The summed E-state index contributed by atoms with van der Waals surface area (Å²) < 4.78 is 18.5. The zero-order valence-corrected chi connectivity index (χ0v) is 13.6. The summed E-state index contributed by atoms with van der Waals surface area (Å²) in [6, 6.07) is 8.74. The Morgan fingerprint density at radius 1 is 1.28 bits per heavy atom. The molecule has 0 saturated heterocycles. The lowest BCUT2D eigenvalue weighted by molar-refractivity contribution is -0.384. The van der Waals surface area contributed by atoms with Gasteiger partial charge in [0.15, 0.2) is 6.10 Å². The number of benzene rings is 2. The van der Waals surface area contributed by atoms with Crippen LogP contribution in [0.2, 0.25) is 5.02 Å². The monoisotopic (exact) mass is 366 g/mol. The molecule has 0 heterocycles. The number of ether oxygens (including phenoxy) is 1. The third-order valence-electron chi connectivity index (χ3n) is 3.17. The first-order chi connectivity index (χ1) is 11.8. The average molecular weight is 367 g/mol. The number of anilines is 1. The fraction of sp³-hybridized carbons (Fsp3) is 0.125. The molecule has 1 N–H and O–H groups in total. The lowest BCUT2D eigenvalue weighted by Crippen LogP contribution is -2.30. The highest BCUT2D eigenvalue weighted by atomic mass is 35.5. The Labute approximate surface area is 146 Å². The molecule has 0 fully saturated rings. The van der Waals surface area contributed by atoms with Gasteiger partial charge in [-0.05, 0) is 25.1 Å². The van der Waals surface area contributed by atoms with Gasteiger partial charge in [-0.1, -0.05) is 23.7 Å².